The number of nitrogens with one attached hydrogen (secondary N) is 2. The molecule has 9 nitrogen and oxygen atoms in total. The van der Waals surface area contributed by atoms with Gasteiger partial charge < -0.3 is 10.3 Å². The summed E-state index contributed by atoms with van der Waals surface area (Å²) in [6.07, 6.45) is 4.19. The van der Waals surface area contributed by atoms with Gasteiger partial charge in [0.05, 0.1) is 22.3 Å². The van der Waals surface area contributed by atoms with Crippen molar-refractivity contribution in [2.75, 3.05) is 22.9 Å². The zero-order valence-electron chi connectivity index (χ0n) is 16.5. The molecule has 3 heterocycles. The summed E-state index contributed by atoms with van der Waals surface area (Å²) in [4.78, 5) is 20.2. The maximum absolute atomic E-state index is 13.7. The molecule has 3 aromatic heterocycles. The maximum Gasteiger partial charge on any atom is 0.233 e. The lowest BCUT2D eigenvalue weighted by Crippen LogP contribution is -2.27. The van der Waals surface area contributed by atoms with E-state index in [1.165, 1.54) is 25.4 Å². The Hall–Kier alpha value is -3.31. The molecule has 0 amide bonds. The van der Waals surface area contributed by atoms with Gasteiger partial charge in [0, 0.05) is 37.6 Å². The molecule has 0 aliphatic carbocycles. The highest BCUT2D eigenvalue weighted by atomic mass is 35.5. The van der Waals surface area contributed by atoms with E-state index in [1.54, 1.807) is 24.4 Å². The monoisotopic (exact) mass is 461 g/mol. The van der Waals surface area contributed by atoms with Crippen LogP contribution < -0.4 is 9.62 Å². The van der Waals surface area contributed by atoms with Crippen LogP contribution in [0.15, 0.2) is 42.7 Å². The van der Waals surface area contributed by atoms with Gasteiger partial charge in [0.1, 0.15) is 17.5 Å². The van der Waals surface area contributed by atoms with Crippen LogP contribution in [0, 0.1) is 5.82 Å². The first-order valence-electron chi connectivity index (χ1n) is 9.02. The summed E-state index contributed by atoms with van der Waals surface area (Å²) in [6.45, 7) is 0.278. The molecule has 160 valence electrons. The van der Waals surface area contributed by atoms with Crippen molar-refractivity contribution < 1.29 is 12.8 Å². The number of rotatable bonds is 6. The molecule has 0 unspecified atom stereocenters. The number of nitrogens with zero attached hydrogens (tertiary/aromatic N) is 5. The van der Waals surface area contributed by atoms with Crippen LogP contribution in [-0.2, 0) is 16.6 Å². The number of H-pyrrole nitrogens is 1. The highest BCUT2D eigenvalue weighted by molar-refractivity contribution is 7.92. The van der Waals surface area contributed by atoms with Crippen LogP contribution in [-0.4, -0.2) is 46.6 Å². The number of benzene rings is 1. The molecule has 4 aromatic rings. The molecule has 12 heteroatoms. The highest BCUT2D eigenvalue weighted by Gasteiger charge is 2.17. The van der Waals surface area contributed by atoms with Crippen LogP contribution in [0.5, 0.6) is 0 Å². The molecule has 0 aliphatic rings. The molecule has 1 aromatic carbocycles. The number of aromatic nitrogens is 5. The van der Waals surface area contributed by atoms with Crippen LogP contribution in [0.25, 0.3) is 22.7 Å². The summed E-state index contributed by atoms with van der Waals surface area (Å²) >= 11 is 5.81. The van der Waals surface area contributed by atoms with E-state index in [1.807, 2.05) is 0 Å². The van der Waals surface area contributed by atoms with Gasteiger partial charge in [-0.05, 0) is 18.2 Å². The number of sulfonamides is 1. The first-order valence-corrected chi connectivity index (χ1v) is 11.2. The van der Waals surface area contributed by atoms with E-state index >= 15 is 0 Å². The molecule has 31 heavy (non-hydrogen) atoms. The molecule has 4 rings (SSSR count). The third kappa shape index (κ3) is 4.42. The Morgan fingerprint density at radius 3 is 2.77 bits per heavy atom. The van der Waals surface area contributed by atoms with Crippen LogP contribution in [0.3, 0.4) is 0 Å². The fourth-order valence-electron chi connectivity index (χ4n) is 2.88. The average molecular weight is 462 g/mol. The van der Waals surface area contributed by atoms with Gasteiger partial charge in [-0.3, -0.25) is 4.31 Å². The number of halogens is 2. The smallest absolute Gasteiger partial charge is 0.233 e. The number of fused-ring (bicyclic) bond motifs is 1. The summed E-state index contributed by atoms with van der Waals surface area (Å²) < 4.78 is 38.6. The minimum Gasteiger partial charge on any atom is -0.366 e. The topological polar surface area (TPSA) is 117 Å². The molecule has 0 aliphatic heterocycles. The fraction of sp³-hybridized carbons (Fsp3) is 0.158. The van der Waals surface area contributed by atoms with Gasteiger partial charge in [-0.15, -0.1) is 0 Å². The van der Waals surface area contributed by atoms with Gasteiger partial charge in [-0.2, -0.15) is 0 Å². The lowest BCUT2D eigenvalue weighted by molar-refractivity contribution is 0.599. The van der Waals surface area contributed by atoms with Crippen molar-refractivity contribution in [3.05, 3.63) is 59.1 Å². The van der Waals surface area contributed by atoms with Crippen molar-refractivity contribution in [2.45, 2.75) is 6.54 Å². The molecule has 0 saturated heterocycles. The van der Waals surface area contributed by atoms with E-state index in [0.29, 0.717) is 39.9 Å². The Morgan fingerprint density at radius 1 is 1.19 bits per heavy atom. The quantitative estimate of drug-likeness (QED) is 0.452. The molecule has 0 spiro atoms. The Labute approximate surface area is 182 Å². The zero-order chi connectivity index (χ0) is 22.2. The van der Waals surface area contributed by atoms with E-state index in [9.17, 15) is 12.8 Å². The van der Waals surface area contributed by atoms with Gasteiger partial charge >= 0.3 is 0 Å². The van der Waals surface area contributed by atoms with Gasteiger partial charge in [-0.1, -0.05) is 17.7 Å². The second-order valence-corrected chi connectivity index (χ2v) is 9.13. The van der Waals surface area contributed by atoms with Crippen molar-refractivity contribution in [3.8, 4) is 11.6 Å². The number of hydrogen-bond donors (Lipinski definition) is 2. The lowest BCUT2D eigenvalue weighted by Gasteiger charge is -2.19. The number of imidazole rings is 1. The predicted octanol–water partition coefficient (Wildman–Crippen LogP) is 3.22. The van der Waals surface area contributed by atoms with E-state index in [2.05, 4.69) is 30.2 Å². The summed E-state index contributed by atoms with van der Waals surface area (Å²) in [5.74, 6) is 0.929. The highest BCUT2D eigenvalue weighted by Crippen LogP contribution is 2.24. The Balaban J connectivity index is 1.58. The fourth-order valence-corrected chi connectivity index (χ4v) is 3.51. The Kier molecular flexibility index (Phi) is 5.46. The minimum absolute atomic E-state index is 0.0202. The molecular formula is C19H17ClFN7O2S. The van der Waals surface area contributed by atoms with Crippen molar-refractivity contribution in [2.24, 2.45) is 0 Å². The number of aromatic amines is 1. The largest absolute Gasteiger partial charge is 0.366 e. The number of anilines is 2. The van der Waals surface area contributed by atoms with Crippen LogP contribution in [0.4, 0.5) is 16.0 Å². The molecular weight excluding hydrogens is 445 g/mol. The van der Waals surface area contributed by atoms with Crippen LogP contribution >= 0.6 is 11.6 Å². The van der Waals surface area contributed by atoms with Crippen LogP contribution in [0.2, 0.25) is 5.02 Å². The Morgan fingerprint density at radius 2 is 2.00 bits per heavy atom. The van der Waals surface area contributed by atoms with Gasteiger partial charge in [-0.25, -0.2) is 32.7 Å². The summed E-state index contributed by atoms with van der Waals surface area (Å²) in [7, 11) is -2.01. The average Bonchev–Trinajstić information content (AvgIpc) is 3.14. The molecule has 2 N–H and O–H groups in total. The minimum atomic E-state index is -3.45. The summed E-state index contributed by atoms with van der Waals surface area (Å²) in [5, 5.41) is 3.11. The third-order valence-electron chi connectivity index (χ3n) is 4.51. The van der Waals surface area contributed by atoms with Gasteiger partial charge in [0.15, 0.2) is 11.6 Å². The van der Waals surface area contributed by atoms with Crippen molar-refractivity contribution in [1.82, 2.24) is 24.9 Å². The number of pyridine rings is 1. The standard InChI is InChI=1S/C19H17ClFN7O2S/c1-28(31(2,29)30)19-11(4-3-6-23-19)10-24-16-5-7-22-17(27-16)18-25-14-8-12(20)13(21)9-15(14)26-18/h3-9H,10H2,1-2H3,(H,25,26)(H,22,24,27). The van der Waals surface area contributed by atoms with E-state index in [-0.39, 0.29) is 11.6 Å². The maximum atomic E-state index is 13.7. The second kappa shape index (κ2) is 8.08. The van der Waals surface area contributed by atoms with E-state index < -0.39 is 15.8 Å². The molecule has 0 bridgehead atoms. The zero-order valence-corrected chi connectivity index (χ0v) is 18.0. The summed E-state index contributed by atoms with van der Waals surface area (Å²) in [5.41, 5.74) is 1.64. The molecule has 0 fully saturated rings. The first-order chi connectivity index (χ1) is 14.7. The van der Waals surface area contributed by atoms with Crippen LogP contribution in [0.1, 0.15) is 5.56 Å². The number of hydrogen-bond acceptors (Lipinski definition) is 7. The molecule has 0 radical (unpaired) electrons. The normalized spacial score (nSPS) is 11.6. The Bertz CT molecular complexity index is 1340. The predicted molar refractivity (Wildman–Crippen MR) is 117 cm³/mol. The van der Waals surface area contributed by atoms with Gasteiger partial charge in [0.25, 0.3) is 0 Å². The lowest BCUT2D eigenvalue weighted by atomic mass is 10.2. The molecule has 0 saturated carbocycles. The second-order valence-electron chi connectivity index (χ2n) is 6.70. The third-order valence-corrected chi connectivity index (χ3v) is 5.97. The summed E-state index contributed by atoms with van der Waals surface area (Å²) in [6, 6.07) is 7.85. The van der Waals surface area contributed by atoms with Gasteiger partial charge in [0.2, 0.25) is 10.0 Å². The van der Waals surface area contributed by atoms with Crippen molar-refractivity contribution in [3.63, 3.8) is 0 Å². The first kappa shape index (κ1) is 20.9. The SMILES string of the molecule is CN(c1ncccc1CNc1ccnc(-c2nc3cc(Cl)c(F)cc3[nH]2)n1)S(C)(=O)=O. The van der Waals surface area contributed by atoms with Crippen molar-refractivity contribution in [1.29, 1.82) is 0 Å². The van der Waals surface area contributed by atoms with E-state index in [0.717, 1.165) is 10.6 Å². The molecule has 0 atom stereocenters. The van der Waals surface area contributed by atoms with Crippen molar-refractivity contribution >= 4 is 44.3 Å². The van der Waals surface area contributed by atoms with E-state index in [4.69, 9.17) is 11.6 Å².